The Bertz CT molecular complexity index is 906. The van der Waals surface area contributed by atoms with Crippen LogP contribution in [0.3, 0.4) is 0 Å². The van der Waals surface area contributed by atoms with Crippen LogP contribution in [0.15, 0.2) is 66.7 Å². The molecule has 0 bridgehead atoms. The molecule has 3 aromatic carbocycles. The van der Waals surface area contributed by atoms with Crippen molar-refractivity contribution in [1.29, 1.82) is 0 Å². The number of nitrogens with one attached hydrogen (secondary N) is 1. The lowest BCUT2D eigenvalue weighted by Crippen LogP contribution is -2.12. The molecule has 0 heterocycles. The molecular formula is C21H18ClNO3. The van der Waals surface area contributed by atoms with E-state index in [9.17, 15) is 4.79 Å². The molecule has 3 aromatic rings. The highest BCUT2D eigenvalue weighted by Crippen LogP contribution is 2.26. The second kappa shape index (κ2) is 7.93. The summed E-state index contributed by atoms with van der Waals surface area (Å²) in [4.78, 5) is 12.4. The Labute approximate surface area is 157 Å². The molecule has 0 saturated heterocycles. The van der Waals surface area contributed by atoms with Gasteiger partial charge in [-0.1, -0.05) is 35.9 Å². The average Bonchev–Trinajstić information content (AvgIpc) is 2.68. The lowest BCUT2D eigenvalue weighted by Gasteiger charge is -2.09. The van der Waals surface area contributed by atoms with Crippen molar-refractivity contribution in [3.8, 4) is 22.6 Å². The molecule has 0 aliphatic rings. The zero-order valence-electron chi connectivity index (χ0n) is 14.5. The molecule has 3 rings (SSSR count). The molecule has 0 fully saturated rings. The quantitative estimate of drug-likeness (QED) is 0.667. The first-order valence-corrected chi connectivity index (χ1v) is 8.38. The average molecular weight is 368 g/mol. The van der Waals surface area contributed by atoms with Gasteiger partial charge in [0.1, 0.15) is 11.5 Å². The van der Waals surface area contributed by atoms with Crippen molar-refractivity contribution in [3.05, 3.63) is 77.3 Å². The SMILES string of the molecule is COc1ccc(-c2ccc(NC(=O)c3ccc(OC)cc3Cl)cc2)cc1. The molecule has 4 nitrogen and oxygen atoms in total. The Balaban J connectivity index is 1.73. The van der Waals surface area contributed by atoms with Gasteiger partial charge >= 0.3 is 0 Å². The second-order valence-corrected chi connectivity index (χ2v) is 6.01. The predicted octanol–water partition coefficient (Wildman–Crippen LogP) is 5.28. The Morgan fingerprint density at radius 1 is 0.808 bits per heavy atom. The van der Waals surface area contributed by atoms with E-state index in [2.05, 4.69) is 5.32 Å². The first-order valence-electron chi connectivity index (χ1n) is 8.00. The minimum atomic E-state index is -0.269. The monoisotopic (exact) mass is 367 g/mol. The van der Waals surface area contributed by atoms with Crippen LogP contribution >= 0.6 is 11.6 Å². The fourth-order valence-corrected chi connectivity index (χ4v) is 2.79. The van der Waals surface area contributed by atoms with Crippen LogP contribution in [-0.2, 0) is 0 Å². The van der Waals surface area contributed by atoms with E-state index in [0.717, 1.165) is 16.9 Å². The van der Waals surface area contributed by atoms with E-state index in [4.69, 9.17) is 21.1 Å². The van der Waals surface area contributed by atoms with E-state index in [1.807, 2.05) is 48.5 Å². The van der Waals surface area contributed by atoms with Crippen molar-refractivity contribution in [3.63, 3.8) is 0 Å². The highest BCUT2D eigenvalue weighted by atomic mass is 35.5. The van der Waals surface area contributed by atoms with Gasteiger partial charge in [0.25, 0.3) is 5.91 Å². The highest BCUT2D eigenvalue weighted by Gasteiger charge is 2.11. The number of ether oxygens (including phenoxy) is 2. The molecule has 1 amide bonds. The largest absolute Gasteiger partial charge is 0.497 e. The van der Waals surface area contributed by atoms with E-state index in [0.29, 0.717) is 22.0 Å². The van der Waals surface area contributed by atoms with Gasteiger partial charge in [-0.2, -0.15) is 0 Å². The van der Waals surface area contributed by atoms with Gasteiger partial charge in [-0.15, -0.1) is 0 Å². The fraction of sp³-hybridized carbons (Fsp3) is 0.0952. The van der Waals surface area contributed by atoms with Crippen LogP contribution in [0, 0.1) is 0 Å². The Hall–Kier alpha value is -2.98. The number of methoxy groups -OCH3 is 2. The number of amides is 1. The Morgan fingerprint density at radius 2 is 1.35 bits per heavy atom. The minimum absolute atomic E-state index is 0.269. The summed E-state index contributed by atoms with van der Waals surface area (Å²) in [7, 11) is 3.19. The third kappa shape index (κ3) is 3.98. The molecular weight excluding hydrogens is 350 g/mol. The normalized spacial score (nSPS) is 10.3. The summed E-state index contributed by atoms with van der Waals surface area (Å²) in [5.74, 6) is 1.15. The van der Waals surface area contributed by atoms with Crippen LogP contribution in [0.25, 0.3) is 11.1 Å². The summed E-state index contributed by atoms with van der Waals surface area (Å²) in [6.07, 6.45) is 0. The first kappa shape index (κ1) is 17.8. The van der Waals surface area contributed by atoms with E-state index >= 15 is 0 Å². The molecule has 0 aliphatic heterocycles. The van der Waals surface area contributed by atoms with Crippen molar-refractivity contribution in [2.45, 2.75) is 0 Å². The zero-order valence-corrected chi connectivity index (χ0v) is 15.2. The lowest BCUT2D eigenvalue weighted by molar-refractivity contribution is 0.102. The van der Waals surface area contributed by atoms with Gasteiger partial charge in [0.05, 0.1) is 24.8 Å². The van der Waals surface area contributed by atoms with Crippen LogP contribution in [-0.4, -0.2) is 20.1 Å². The van der Waals surface area contributed by atoms with Crippen molar-refractivity contribution >= 4 is 23.2 Å². The van der Waals surface area contributed by atoms with Crippen LogP contribution in [0.5, 0.6) is 11.5 Å². The van der Waals surface area contributed by atoms with Gasteiger partial charge in [-0.25, -0.2) is 0 Å². The van der Waals surface area contributed by atoms with Gasteiger partial charge in [0, 0.05) is 5.69 Å². The summed E-state index contributed by atoms with van der Waals surface area (Å²) >= 11 is 6.15. The van der Waals surface area contributed by atoms with Gasteiger partial charge in [0.15, 0.2) is 0 Å². The molecule has 132 valence electrons. The molecule has 26 heavy (non-hydrogen) atoms. The topological polar surface area (TPSA) is 47.6 Å². The van der Waals surface area contributed by atoms with E-state index in [1.165, 1.54) is 0 Å². The molecule has 0 atom stereocenters. The molecule has 1 N–H and O–H groups in total. The summed E-state index contributed by atoms with van der Waals surface area (Å²) in [5.41, 5.74) is 3.21. The predicted molar refractivity (Wildman–Crippen MR) is 104 cm³/mol. The molecule has 0 unspecified atom stereocenters. The summed E-state index contributed by atoms with van der Waals surface area (Å²) in [6.45, 7) is 0. The lowest BCUT2D eigenvalue weighted by atomic mass is 10.1. The van der Waals surface area contributed by atoms with Crippen molar-refractivity contribution in [2.24, 2.45) is 0 Å². The van der Waals surface area contributed by atoms with Gasteiger partial charge in [0.2, 0.25) is 0 Å². The zero-order chi connectivity index (χ0) is 18.5. The van der Waals surface area contributed by atoms with Crippen molar-refractivity contribution < 1.29 is 14.3 Å². The van der Waals surface area contributed by atoms with E-state index < -0.39 is 0 Å². The van der Waals surface area contributed by atoms with Crippen LogP contribution in [0.4, 0.5) is 5.69 Å². The maximum atomic E-state index is 12.4. The third-order valence-electron chi connectivity index (χ3n) is 3.99. The second-order valence-electron chi connectivity index (χ2n) is 5.61. The standard InChI is InChI=1S/C21H18ClNO3/c1-25-17-9-5-15(6-10-17)14-3-7-16(8-4-14)23-21(24)19-12-11-18(26-2)13-20(19)22/h3-13H,1-2H3,(H,23,24). The number of rotatable bonds is 5. The molecule has 0 radical (unpaired) electrons. The molecule has 0 aromatic heterocycles. The molecule has 0 aliphatic carbocycles. The highest BCUT2D eigenvalue weighted by molar-refractivity contribution is 6.34. The number of benzene rings is 3. The van der Waals surface area contributed by atoms with Gasteiger partial charge in [-0.05, 0) is 53.6 Å². The summed E-state index contributed by atoms with van der Waals surface area (Å²) in [5, 5.41) is 3.19. The Kier molecular flexibility index (Phi) is 5.44. The minimum Gasteiger partial charge on any atom is -0.497 e. The third-order valence-corrected chi connectivity index (χ3v) is 4.30. The fourth-order valence-electron chi connectivity index (χ4n) is 2.53. The van der Waals surface area contributed by atoms with Gasteiger partial charge < -0.3 is 14.8 Å². The molecule has 0 saturated carbocycles. The number of hydrogen-bond donors (Lipinski definition) is 1. The number of anilines is 1. The van der Waals surface area contributed by atoms with Crippen LogP contribution in [0.1, 0.15) is 10.4 Å². The van der Waals surface area contributed by atoms with Crippen LogP contribution in [0.2, 0.25) is 5.02 Å². The summed E-state index contributed by atoms with van der Waals surface area (Å²) < 4.78 is 10.3. The summed E-state index contributed by atoms with van der Waals surface area (Å²) in [6, 6.07) is 20.4. The molecule has 0 spiro atoms. The maximum Gasteiger partial charge on any atom is 0.257 e. The first-order chi connectivity index (χ1) is 12.6. The Morgan fingerprint density at radius 3 is 1.88 bits per heavy atom. The van der Waals surface area contributed by atoms with E-state index in [1.54, 1.807) is 32.4 Å². The van der Waals surface area contributed by atoms with Crippen LogP contribution < -0.4 is 14.8 Å². The molecule has 5 heteroatoms. The van der Waals surface area contributed by atoms with Crippen molar-refractivity contribution in [2.75, 3.05) is 19.5 Å². The van der Waals surface area contributed by atoms with Gasteiger partial charge in [-0.3, -0.25) is 4.79 Å². The number of hydrogen-bond acceptors (Lipinski definition) is 3. The number of carbonyl (C=O) groups is 1. The smallest absolute Gasteiger partial charge is 0.257 e. The van der Waals surface area contributed by atoms with Crippen molar-refractivity contribution in [1.82, 2.24) is 0 Å². The maximum absolute atomic E-state index is 12.4. The van der Waals surface area contributed by atoms with E-state index in [-0.39, 0.29) is 5.91 Å². The number of halogens is 1. The number of carbonyl (C=O) groups excluding carboxylic acids is 1.